The summed E-state index contributed by atoms with van der Waals surface area (Å²) < 4.78 is 5.34. The molecule has 17 heavy (non-hydrogen) atoms. The first-order valence-corrected chi connectivity index (χ1v) is 6.13. The molecule has 1 amide bonds. The van der Waals surface area contributed by atoms with Gasteiger partial charge in [0.25, 0.3) is 5.91 Å². The van der Waals surface area contributed by atoms with Crippen molar-refractivity contribution >= 4 is 5.91 Å². The molecule has 0 aliphatic heterocycles. The highest BCUT2D eigenvalue weighted by molar-refractivity contribution is 5.95. The van der Waals surface area contributed by atoms with Gasteiger partial charge in [-0.1, -0.05) is 13.3 Å². The molecule has 4 heteroatoms. The van der Waals surface area contributed by atoms with Crippen LogP contribution < -0.4 is 11.1 Å². The molecule has 0 aromatic carbocycles. The normalized spacial score (nSPS) is 12.5. The largest absolute Gasteiger partial charge is 0.466 e. The molecule has 1 unspecified atom stereocenters. The van der Waals surface area contributed by atoms with Gasteiger partial charge in [-0.05, 0) is 38.8 Å². The van der Waals surface area contributed by atoms with Crippen LogP contribution in [0.4, 0.5) is 0 Å². The maximum atomic E-state index is 11.9. The van der Waals surface area contributed by atoms with Gasteiger partial charge in [-0.25, -0.2) is 0 Å². The number of rotatable bonds is 6. The summed E-state index contributed by atoms with van der Waals surface area (Å²) in [5, 5.41) is 2.93. The number of furan rings is 1. The van der Waals surface area contributed by atoms with Gasteiger partial charge in [0.1, 0.15) is 11.5 Å². The van der Waals surface area contributed by atoms with Crippen molar-refractivity contribution in [3.8, 4) is 0 Å². The lowest BCUT2D eigenvalue weighted by Gasteiger charge is -2.14. The Hall–Kier alpha value is -1.29. The van der Waals surface area contributed by atoms with Gasteiger partial charge in [-0.3, -0.25) is 4.79 Å². The van der Waals surface area contributed by atoms with Crippen LogP contribution in [0, 0.1) is 19.8 Å². The Labute approximate surface area is 103 Å². The van der Waals surface area contributed by atoms with Crippen LogP contribution in [0.5, 0.6) is 0 Å². The van der Waals surface area contributed by atoms with Gasteiger partial charge < -0.3 is 15.5 Å². The molecule has 1 aromatic heterocycles. The highest BCUT2D eigenvalue weighted by Crippen LogP contribution is 2.13. The third-order valence-electron chi connectivity index (χ3n) is 2.99. The van der Waals surface area contributed by atoms with E-state index in [2.05, 4.69) is 12.2 Å². The van der Waals surface area contributed by atoms with Crippen molar-refractivity contribution in [3.63, 3.8) is 0 Å². The number of nitrogens with two attached hydrogens (primary N) is 1. The van der Waals surface area contributed by atoms with Crippen molar-refractivity contribution in [2.24, 2.45) is 11.7 Å². The minimum absolute atomic E-state index is 0.0604. The van der Waals surface area contributed by atoms with Crippen LogP contribution >= 0.6 is 0 Å². The lowest BCUT2D eigenvalue weighted by Crippen LogP contribution is -2.30. The summed E-state index contributed by atoms with van der Waals surface area (Å²) >= 11 is 0. The lowest BCUT2D eigenvalue weighted by molar-refractivity contribution is 0.0944. The van der Waals surface area contributed by atoms with Crippen LogP contribution in [-0.4, -0.2) is 19.0 Å². The molecular weight excluding hydrogens is 216 g/mol. The van der Waals surface area contributed by atoms with Crippen molar-refractivity contribution in [2.75, 3.05) is 13.1 Å². The Morgan fingerprint density at radius 3 is 2.71 bits per heavy atom. The molecule has 96 valence electrons. The Balaban J connectivity index is 2.52. The van der Waals surface area contributed by atoms with Gasteiger partial charge in [0.2, 0.25) is 0 Å². The van der Waals surface area contributed by atoms with Crippen LogP contribution in [0.1, 0.15) is 41.6 Å². The number of aryl methyl sites for hydroxylation is 2. The maximum absolute atomic E-state index is 11.9. The molecule has 1 atom stereocenters. The molecule has 1 rings (SSSR count). The van der Waals surface area contributed by atoms with Crippen LogP contribution in [0.3, 0.4) is 0 Å². The van der Waals surface area contributed by atoms with E-state index in [-0.39, 0.29) is 5.91 Å². The van der Waals surface area contributed by atoms with Crippen molar-refractivity contribution in [2.45, 2.75) is 33.6 Å². The lowest BCUT2D eigenvalue weighted by atomic mass is 10.0. The van der Waals surface area contributed by atoms with Gasteiger partial charge in [-0.2, -0.15) is 0 Å². The summed E-state index contributed by atoms with van der Waals surface area (Å²) in [5.74, 6) is 1.83. The molecular formula is C13H22N2O2. The fourth-order valence-electron chi connectivity index (χ4n) is 1.87. The van der Waals surface area contributed by atoms with E-state index in [1.807, 2.05) is 6.92 Å². The third kappa shape index (κ3) is 3.89. The number of carbonyl (C=O) groups is 1. The monoisotopic (exact) mass is 238 g/mol. The van der Waals surface area contributed by atoms with E-state index in [4.69, 9.17) is 10.2 Å². The van der Waals surface area contributed by atoms with Crippen molar-refractivity contribution < 1.29 is 9.21 Å². The van der Waals surface area contributed by atoms with E-state index in [1.165, 1.54) is 0 Å². The average Bonchev–Trinajstić information content (AvgIpc) is 2.63. The zero-order valence-corrected chi connectivity index (χ0v) is 10.9. The number of hydrogen-bond donors (Lipinski definition) is 2. The van der Waals surface area contributed by atoms with Crippen molar-refractivity contribution in [1.82, 2.24) is 5.32 Å². The number of hydrogen-bond acceptors (Lipinski definition) is 3. The second-order valence-corrected chi connectivity index (χ2v) is 4.39. The molecule has 3 N–H and O–H groups in total. The topological polar surface area (TPSA) is 68.3 Å². The summed E-state index contributed by atoms with van der Waals surface area (Å²) in [5.41, 5.74) is 6.15. The summed E-state index contributed by atoms with van der Waals surface area (Å²) in [4.78, 5) is 11.9. The van der Waals surface area contributed by atoms with Crippen LogP contribution in [0.2, 0.25) is 0 Å². The third-order valence-corrected chi connectivity index (χ3v) is 2.99. The van der Waals surface area contributed by atoms with Crippen LogP contribution in [-0.2, 0) is 0 Å². The Morgan fingerprint density at radius 2 is 2.24 bits per heavy atom. The van der Waals surface area contributed by atoms with Crippen molar-refractivity contribution in [1.29, 1.82) is 0 Å². The Morgan fingerprint density at radius 1 is 1.53 bits per heavy atom. The van der Waals surface area contributed by atoms with E-state index in [9.17, 15) is 4.79 Å². The molecule has 4 nitrogen and oxygen atoms in total. The minimum atomic E-state index is -0.0604. The summed E-state index contributed by atoms with van der Waals surface area (Å²) in [6.07, 6.45) is 1.97. The highest BCUT2D eigenvalue weighted by Gasteiger charge is 2.14. The van der Waals surface area contributed by atoms with E-state index in [0.29, 0.717) is 30.3 Å². The van der Waals surface area contributed by atoms with E-state index in [0.717, 1.165) is 18.6 Å². The predicted octanol–water partition coefficient (Wildman–Crippen LogP) is 2.00. The van der Waals surface area contributed by atoms with Crippen LogP contribution in [0.15, 0.2) is 10.5 Å². The molecule has 0 saturated carbocycles. The first kappa shape index (κ1) is 13.8. The zero-order valence-electron chi connectivity index (χ0n) is 10.9. The first-order valence-electron chi connectivity index (χ1n) is 6.13. The first-order chi connectivity index (χ1) is 8.08. The van der Waals surface area contributed by atoms with E-state index in [1.54, 1.807) is 13.0 Å². The highest BCUT2D eigenvalue weighted by atomic mass is 16.3. The van der Waals surface area contributed by atoms with Gasteiger partial charge in [0.15, 0.2) is 0 Å². The quantitative estimate of drug-likeness (QED) is 0.796. The second-order valence-electron chi connectivity index (χ2n) is 4.39. The molecule has 0 aliphatic carbocycles. The Bertz CT molecular complexity index is 371. The molecule has 0 spiro atoms. The minimum Gasteiger partial charge on any atom is -0.466 e. The molecule has 1 aromatic rings. The maximum Gasteiger partial charge on any atom is 0.254 e. The summed E-state index contributed by atoms with van der Waals surface area (Å²) in [7, 11) is 0. The molecule has 0 saturated heterocycles. The number of amides is 1. The summed E-state index contributed by atoms with van der Waals surface area (Å²) in [6.45, 7) is 7.10. The molecule has 1 heterocycles. The van der Waals surface area contributed by atoms with E-state index < -0.39 is 0 Å². The smallest absolute Gasteiger partial charge is 0.254 e. The zero-order chi connectivity index (χ0) is 12.8. The number of nitrogens with one attached hydrogen (secondary N) is 1. The van der Waals surface area contributed by atoms with Gasteiger partial charge in [0, 0.05) is 6.54 Å². The predicted molar refractivity (Wildman–Crippen MR) is 68.0 cm³/mol. The Kier molecular flexibility index (Phi) is 5.22. The number of carbonyl (C=O) groups excluding carboxylic acids is 1. The standard InChI is InChI=1S/C13H22N2O2/c1-4-11(5-6-14)8-15-13(16)12-7-9(2)17-10(12)3/h7,11H,4-6,8,14H2,1-3H3,(H,15,16). The summed E-state index contributed by atoms with van der Waals surface area (Å²) in [6, 6.07) is 1.77. The SMILES string of the molecule is CCC(CCN)CNC(=O)c1cc(C)oc1C. The second kappa shape index (κ2) is 6.45. The fourth-order valence-corrected chi connectivity index (χ4v) is 1.87. The average molecular weight is 238 g/mol. The van der Waals surface area contributed by atoms with Crippen molar-refractivity contribution in [3.05, 3.63) is 23.2 Å². The van der Waals surface area contributed by atoms with E-state index >= 15 is 0 Å². The molecule has 0 radical (unpaired) electrons. The fraction of sp³-hybridized carbons (Fsp3) is 0.615. The molecule has 0 bridgehead atoms. The molecule has 0 aliphatic rings. The van der Waals surface area contributed by atoms with Gasteiger partial charge in [-0.15, -0.1) is 0 Å². The van der Waals surface area contributed by atoms with Gasteiger partial charge in [0.05, 0.1) is 5.56 Å². The van der Waals surface area contributed by atoms with Crippen LogP contribution in [0.25, 0.3) is 0 Å². The van der Waals surface area contributed by atoms with Gasteiger partial charge >= 0.3 is 0 Å². The molecule has 0 fully saturated rings.